The van der Waals surface area contributed by atoms with E-state index in [4.69, 9.17) is 0 Å². The minimum Gasteiger partial charge on any atom is -0.381 e. The number of amides is 1. The van der Waals surface area contributed by atoms with Crippen LogP contribution in [0.3, 0.4) is 0 Å². The summed E-state index contributed by atoms with van der Waals surface area (Å²) < 4.78 is 38.1. The van der Waals surface area contributed by atoms with E-state index in [1.165, 1.54) is 0 Å². The van der Waals surface area contributed by atoms with E-state index < -0.39 is 30.0 Å². The lowest BCUT2D eigenvalue weighted by atomic mass is 10.2. The summed E-state index contributed by atoms with van der Waals surface area (Å²) in [6.07, 6.45) is -1.77. The Bertz CT molecular complexity index is 366. The molecule has 0 aromatic heterocycles. The van der Waals surface area contributed by atoms with Crippen LogP contribution in [0.25, 0.3) is 0 Å². The van der Waals surface area contributed by atoms with Gasteiger partial charge in [0, 0.05) is 19.2 Å². The summed E-state index contributed by atoms with van der Waals surface area (Å²) >= 11 is 0. The predicted molar refractivity (Wildman–Crippen MR) is 74.6 cm³/mol. The van der Waals surface area contributed by atoms with Crippen LogP contribution in [0.15, 0.2) is 11.8 Å². The lowest BCUT2D eigenvalue weighted by molar-refractivity contribution is -0.126. The van der Waals surface area contributed by atoms with Gasteiger partial charge in [0.15, 0.2) is 5.78 Å². The third-order valence-electron chi connectivity index (χ3n) is 2.64. The van der Waals surface area contributed by atoms with E-state index in [1.807, 2.05) is 13.8 Å². The van der Waals surface area contributed by atoms with Crippen molar-refractivity contribution in [1.82, 2.24) is 10.6 Å². The summed E-state index contributed by atoms with van der Waals surface area (Å²) in [6, 6.07) is 0. The molecule has 0 aliphatic rings. The van der Waals surface area contributed by atoms with E-state index in [0.717, 1.165) is 19.3 Å². The van der Waals surface area contributed by atoms with Crippen LogP contribution in [0.1, 0.15) is 46.0 Å². The van der Waals surface area contributed by atoms with Crippen molar-refractivity contribution in [3.8, 4) is 0 Å². The number of ketones is 1. The average Bonchev–Trinajstić information content (AvgIpc) is 2.36. The van der Waals surface area contributed by atoms with Crippen LogP contribution in [-0.4, -0.2) is 31.0 Å². The Balaban J connectivity index is 4.49. The fraction of sp³-hybridized carbons (Fsp3) is 0.714. The Morgan fingerprint density at radius 1 is 1.00 bits per heavy atom. The smallest absolute Gasteiger partial charge is 0.381 e. The highest BCUT2D eigenvalue weighted by atomic mass is 19.4. The van der Waals surface area contributed by atoms with Gasteiger partial charge in [0.1, 0.15) is 5.70 Å². The molecule has 0 fully saturated rings. The third-order valence-corrected chi connectivity index (χ3v) is 2.64. The highest BCUT2D eigenvalue weighted by Crippen LogP contribution is 2.23. The van der Waals surface area contributed by atoms with Gasteiger partial charge >= 0.3 is 6.18 Å². The van der Waals surface area contributed by atoms with E-state index in [-0.39, 0.29) is 6.54 Å². The summed E-state index contributed by atoms with van der Waals surface area (Å²) in [5.41, 5.74) is -1.10. The molecule has 0 unspecified atom stereocenters. The van der Waals surface area contributed by atoms with Crippen LogP contribution < -0.4 is 10.6 Å². The Morgan fingerprint density at radius 2 is 1.52 bits per heavy atom. The number of hydrogen-bond acceptors (Lipinski definition) is 3. The molecule has 0 saturated heterocycles. The molecule has 0 radical (unpaired) electrons. The first-order valence-corrected chi connectivity index (χ1v) is 7.13. The molecule has 7 heteroatoms. The average molecular weight is 308 g/mol. The second-order valence-electron chi connectivity index (χ2n) is 4.68. The summed E-state index contributed by atoms with van der Waals surface area (Å²) in [4.78, 5) is 22.9. The number of unbranched alkanes of at least 4 members (excludes halogenated alkanes) is 2. The molecule has 4 nitrogen and oxygen atoms in total. The van der Waals surface area contributed by atoms with Gasteiger partial charge in [0.2, 0.25) is 5.91 Å². The van der Waals surface area contributed by atoms with Gasteiger partial charge in [-0.25, -0.2) is 0 Å². The molecule has 0 rings (SSSR count). The molecule has 1 amide bonds. The van der Waals surface area contributed by atoms with Crippen LogP contribution in [0.4, 0.5) is 13.2 Å². The molecule has 0 saturated carbocycles. The van der Waals surface area contributed by atoms with Gasteiger partial charge in [0.25, 0.3) is 0 Å². The number of carbonyl (C=O) groups excluding carboxylic acids is 2. The van der Waals surface area contributed by atoms with E-state index in [0.29, 0.717) is 19.0 Å². The Kier molecular flexibility index (Phi) is 9.49. The van der Waals surface area contributed by atoms with Crippen molar-refractivity contribution in [3.05, 3.63) is 11.8 Å². The first-order chi connectivity index (χ1) is 9.81. The zero-order chi connectivity index (χ0) is 16.3. The molecule has 0 aromatic rings. The number of nitrogens with one attached hydrogen (secondary N) is 2. The maximum absolute atomic E-state index is 12.7. The molecule has 0 aliphatic carbocycles. The summed E-state index contributed by atoms with van der Waals surface area (Å²) in [5, 5.41) is 4.69. The van der Waals surface area contributed by atoms with Gasteiger partial charge in [-0.1, -0.05) is 26.7 Å². The van der Waals surface area contributed by atoms with Gasteiger partial charge in [-0.3, -0.25) is 9.59 Å². The lowest BCUT2D eigenvalue weighted by Crippen LogP contribution is -2.29. The van der Waals surface area contributed by atoms with Gasteiger partial charge in [-0.05, 0) is 12.8 Å². The van der Waals surface area contributed by atoms with Crippen LogP contribution in [0, 0.1) is 0 Å². The first-order valence-electron chi connectivity index (χ1n) is 7.13. The maximum atomic E-state index is 12.7. The first kappa shape index (κ1) is 19.5. The van der Waals surface area contributed by atoms with Gasteiger partial charge in [0.05, 0.1) is 6.42 Å². The van der Waals surface area contributed by atoms with Gasteiger partial charge in [-0.2, -0.15) is 13.2 Å². The second-order valence-corrected chi connectivity index (χ2v) is 4.68. The third kappa shape index (κ3) is 9.92. The van der Waals surface area contributed by atoms with Gasteiger partial charge < -0.3 is 10.6 Å². The van der Waals surface area contributed by atoms with Crippen LogP contribution in [0.5, 0.6) is 0 Å². The molecule has 0 aliphatic heterocycles. The molecule has 2 N–H and O–H groups in total. The van der Waals surface area contributed by atoms with Crippen LogP contribution >= 0.6 is 0 Å². The van der Waals surface area contributed by atoms with Crippen molar-refractivity contribution in [2.45, 2.75) is 52.1 Å². The summed E-state index contributed by atoms with van der Waals surface area (Å²) in [6.45, 7) is 4.35. The van der Waals surface area contributed by atoms with Crippen molar-refractivity contribution in [2.75, 3.05) is 13.1 Å². The minimum atomic E-state index is -4.62. The Labute approximate surface area is 123 Å². The molecule has 0 spiro atoms. The van der Waals surface area contributed by atoms with Crippen molar-refractivity contribution in [3.63, 3.8) is 0 Å². The predicted octanol–water partition coefficient (Wildman–Crippen LogP) is 2.70. The molecular formula is C14H23F3N2O2. The van der Waals surface area contributed by atoms with Crippen molar-refractivity contribution in [1.29, 1.82) is 0 Å². The number of allylic oxidation sites excluding steroid dienone is 2. The molecule has 21 heavy (non-hydrogen) atoms. The van der Waals surface area contributed by atoms with Crippen molar-refractivity contribution in [2.24, 2.45) is 0 Å². The van der Waals surface area contributed by atoms with Crippen LogP contribution in [-0.2, 0) is 9.59 Å². The highest BCUT2D eigenvalue weighted by Gasteiger charge is 2.34. The fourth-order valence-electron chi connectivity index (χ4n) is 1.47. The van der Waals surface area contributed by atoms with E-state index in [2.05, 4.69) is 10.6 Å². The molecule has 122 valence electrons. The normalized spacial score (nSPS) is 12.1. The van der Waals surface area contributed by atoms with E-state index >= 15 is 0 Å². The summed E-state index contributed by atoms with van der Waals surface area (Å²) in [7, 11) is 0. The monoisotopic (exact) mass is 308 g/mol. The minimum absolute atomic E-state index is 0.137. The number of carbonyl (C=O) groups is 2. The molecular weight excluding hydrogens is 285 g/mol. The number of hydrogen-bond donors (Lipinski definition) is 2. The highest BCUT2D eigenvalue weighted by molar-refractivity contribution is 6.04. The lowest BCUT2D eigenvalue weighted by Gasteiger charge is -2.13. The van der Waals surface area contributed by atoms with Crippen LogP contribution in [0.2, 0.25) is 0 Å². The molecule has 0 bridgehead atoms. The summed E-state index contributed by atoms with van der Waals surface area (Å²) in [5.74, 6) is -1.42. The number of rotatable bonds is 10. The largest absolute Gasteiger partial charge is 0.431 e. The quantitative estimate of drug-likeness (QED) is 0.371. The standard InChI is InChI=1S/C14H23F3N2O2/c1-3-5-7-18-12(14(15,16)17)9-11(20)10-13(21)19-8-6-4-2/h9,18H,3-8,10H2,1-2H3,(H,19,21)/b12-9+. The number of halogens is 3. The van der Waals surface area contributed by atoms with E-state index in [1.54, 1.807) is 0 Å². The molecule has 0 aromatic carbocycles. The maximum Gasteiger partial charge on any atom is 0.431 e. The Hall–Kier alpha value is -1.53. The zero-order valence-corrected chi connectivity index (χ0v) is 12.5. The fourth-order valence-corrected chi connectivity index (χ4v) is 1.47. The Morgan fingerprint density at radius 3 is 2.00 bits per heavy atom. The van der Waals surface area contributed by atoms with Crippen molar-refractivity contribution < 1.29 is 22.8 Å². The zero-order valence-electron chi connectivity index (χ0n) is 12.5. The molecule has 0 heterocycles. The number of alkyl halides is 3. The molecule has 0 atom stereocenters. The SMILES string of the molecule is CCCCNC(=O)CC(=O)/C=C(/NCCCC)C(F)(F)F. The second kappa shape index (κ2) is 10.2. The van der Waals surface area contributed by atoms with E-state index in [9.17, 15) is 22.8 Å². The van der Waals surface area contributed by atoms with Crippen molar-refractivity contribution >= 4 is 11.7 Å². The topological polar surface area (TPSA) is 58.2 Å². The van der Waals surface area contributed by atoms with Gasteiger partial charge in [-0.15, -0.1) is 0 Å².